The van der Waals surface area contributed by atoms with Gasteiger partial charge in [-0.2, -0.15) is 0 Å². The molecule has 0 amide bonds. The van der Waals surface area contributed by atoms with Crippen molar-refractivity contribution in [3.63, 3.8) is 0 Å². The van der Waals surface area contributed by atoms with Gasteiger partial charge in [0.25, 0.3) is 0 Å². The summed E-state index contributed by atoms with van der Waals surface area (Å²) in [5, 5.41) is 0. The summed E-state index contributed by atoms with van der Waals surface area (Å²) in [5.74, 6) is 0. The molecular formula is C6H17N2O2Si. The smallest absolute Gasteiger partial charge is 0.387 e. The fourth-order valence-electron chi connectivity index (χ4n) is 0.674. The molecule has 4 N–H and O–H groups in total. The van der Waals surface area contributed by atoms with Crippen LogP contribution in [0.1, 0.15) is 13.8 Å². The van der Waals surface area contributed by atoms with Crippen LogP contribution in [0, 0.1) is 0 Å². The predicted molar refractivity (Wildman–Crippen MR) is 46.0 cm³/mol. The number of hydrogen-bond donors (Lipinski definition) is 2. The molecule has 0 saturated carbocycles. The van der Waals surface area contributed by atoms with E-state index in [4.69, 9.17) is 20.3 Å². The highest BCUT2D eigenvalue weighted by Gasteiger charge is 2.16. The van der Waals surface area contributed by atoms with Crippen molar-refractivity contribution < 1.29 is 8.85 Å². The van der Waals surface area contributed by atoms with Crippen LogP contribution in [0.4, 0.5) is 0 Å². The van der Waals surface area contributed by atoms with Crippen LogP contribution in [0.3, 0.4) is 0 Å². The summed E-state index contributed by atoms with van der Waals surface area (Å²) in [6.45, 7) is 5.21. The first-order valence-electron chi connectivity index (χ1n) is 3.83. The van der Waals surface area contributed by atoms with Gasteiger partial charge in [0.2, 0.25) is 0 Å². The molecule has 0 unspecified atom stereocenters. The molecule has 67 valence electrons. The van der Waals surface area contributed by atoms with Crippen molar-refractivity contribution >= 4 is 9.28 Å². The van der Waals surface area contributed by atoms with Crippen LogP contribution < -0.4 is 11.5 Å². The van der Waals surface area contributed by atoms with Crippen LogP contribution in [0.15, 0.2) is 0 Å². The Morgan fingerprint density at radius 2 is 1.64 bits per heavy atom. The zero-order valence-corrected chi connectivity index (χ0v) is 8.17. The van der Waals surface area contributed by atoms with E-state index < -0.39 is 9.28 Å². The average Bonchev–Trinajstić information content (AvgIpc) is 1.87. The van der Waals surface area contributed by atoms with Gasteiger partial charge in [-0.3, -0.25) is 0 Å². The Hall–Kier alpha value is 0.0569. The molecule has 0 aliphatic carbocycles. The van der Waals surface area contributed by atoms with Crippen molar-refractivity contribution in [3.8, 4) is 0 Å². The van der Waals surface area contributed by atoms with E-state index in [2.05, 4.69) is 0 Å². The van der Waals surface area contributed by atoms with Gasteiger partial charge in [-0.25, -0.2) is 0 Å². The van der Waals surface area contributed by atoms with Crippen molar-refractivity contribution in [2.45, 2.75) is 26.1 Å². The minimum absolute atomic E-state index is 0.318. The van der Waals surface area contributed by atoms with Gasteiger partial charge in [0.15, 0.2) is 0 Å². The summed E-state index contributed by atoms with van der Waals surface area (Å²) in [5.41, 5.74) is 10.8. The first-order valence-corrected chi connectivity index (χ1v) is 5.35. The maximum Gasteiger partial charge on any atom is 0.387 e. The molecule has 11 heavy (non-hydrogen) atoms. The predicted octanol–water partition coefficient (Wildman–Crippen LogP) is -0.209. The third kappa shape index (κ3) is 6.45. The Morgan fingerprint density at radius 3 is 1.91 bits per heavy atom. The summed E-state index contributed by atoms with van der Waals surface area (Å²) in [6, 6.07) is 0.645. The van der Waals surface area contributed by atoms with Gasteiger partial charge in [-0.05, 0) is 13.8 Å². The lowest BCUT2D eigenvalue weighted by Gasteiger charge is -2.14. The Labute approximate surface area is 69.7 Å². The minimum atomic E-state index is -1.20. The van der Waals surface area contributed by atoms with Gasteiger partial charge >= 0.3 is 9.28 Å². The second kappa shape index (κ2) is 6.75. The quantitative estimate of drug-likeness (QED) is 0.435. The van der Waals surface area contributed by atoms with Crippen molar-refractivity contribution in [3.05, 3.63) is 0 Å². The van der Waals surface area contributed by atoms with Crippen molar-refractivity contribution in [1.29, 1.82) is 0 Å². The zero-order chi connectivity index (χ0) is 8.69. The molecule has 0 bridgehead atoms. The van der Waals surface area contributed by atoms with Gasteiger partial charge in [-0.1, -0.05) is 0 Å². The molecule has 0 aromatic carbocycles. The number of rotatable bonds is 6. The van der Waals surface area contributed by atoms with Gasteiger partial charge in [-0.15, -0.1) is 0 Å². The van der Waals surface area contributed by atoms with Crippen LogP contribution in [0.25, 0.3) is 0 Å². The molecule has 1 radical (unpaired) electrons. The molecular weight excluding hydrogens is 160 g/mol. The second-order valence-corrected chi connectivity index (χ2v) is 3.84. The highest BCUT2D eigenvalue weighted by atomic mass is 28.3. The molecule has 0 rings (SSSR count). The lowest BCUT2D eigenvalue weighted by Crippen LogP contribution is -2.38. The van der Waals surface area contributed by atoms with E-state index in [1.54, 1.807) is 0 Å². The van der Waals surface area contributed by atoms with Crippen molar-refractivity contribution in [1.82, 2.24) is 0 Å². The zero-order valence-electron chi connectivity index (χ0n) is 7.17. The Kier molecular flexibility index (Phi) is 6.78. The lowest BCUT2D eigenvalue weighted by atomic mass is 10.6. The molecule has 0 aliphatic rings. The molecule has 5 heteroatoms. The van der Waals surface area contributed by atoms with E-state index in [0.717, 1.165) is 0 Å². The number of nitrogens with two attached hydrogens (primary N) is 2. The maximum atomic E-state index is 5.40. The monoisotopic (exact) mass is 177 g/mol. The molecule has 0 aromatic rings. The second-order valence-electron chi connectivity index (χ2n) is 2.11. The largest absolute Gasteiger partial charge is 0.394 e. The summed E-state index contributed by atoms with van der Waals surface area (Å²) < 4.78 is 10.6. The first-order chi connectivity index (χ1) is 5.20. The normalized spacial score (nSPS) is 11.5. The standard InChI is InChI=1S/C6H17N2O2Si/c1-3-9-11(10-4-2)5-6(7)8/h6H,3-5,7-8H2,1-2H3. The molecule has 0 spiro atoms. The topological polar surface area (TPSA) is 70.5 Å². The van der Waals surface area contributed by atoms with Crippen LogP contribution in [0.5, 0.6) is 0 Å². The fraction of sp³-hybridized carbons (Fsp3) is 1.00. The Bertz CT molecular complexity index is 86.7. The lowest BCUT2D eigenvalue weighted by molar-refractivity contribution is 0.211. The van der Waals surface area contributed by atoms with Gasteiger partial charge in [0.05, 0.1) is 6.17 Å². The molecule has 0 atom stereocenters. The van der Waals surface area contributed by atoms with E-state index in [0.29, 0.717) is 19.3 Å². The van der Waals surface area contributed by atoms with Crippen LogP contribution in [-0.2, 0) is 8.85 Å². The SMILES string of the molecule is CCO[Si](CC(N)N)OCC. The summed E-state index contributed by atoms with van der Waals surface area (Å²) in [6.07, 6.45) is -0.318. The molecule has 4 nitrogen and oxygen atoms in total. The molecule has 0 fully saturated rings. The van der Waals surface area contributed by atoms with E-state index in [1.807, 2.05) is 13.8 Å². The Morgan fingerprint density at radius 1 is 1.18 bits per heavy atom. The van der Waals surface area contributed by atoms with Crippen molar-refractivity contribution in [2.75, 3.05) is 13.2 Å². The van der Waals surface area contributed by atoms with Crippen LogP contribution in [0.2, 0.25) is 6.04 Å². The fourth-order valence-corrected chi connectivity index (χ4v) is 2.02. The van der Waals surface area contributed by atoms with Gasteiger partial charge < -0.3 is 20.3 Å². The third-order valence-corrected chi connectivity index (χ3v) is 3.04. The van der Waals surface area contributed by atoms with E-state index >= 15 is 0 Å². The Balaban J connectivity index is 3.50. The third-order valence-electron chi connectivity index (χ3n) is 1.01. The molecule has 0 aromatic heterocycles. The highest BCUT2D eigenvalue weighted by molar-refractivity contribution is 6.44. The average molecular weight is 177 g/mol. The van der Waals surface area contributed by atoms with Crippen LogP contribution in [-0.4, -0.2) is 28.7 Å². The summed E-state index contributed by atoms with van der Waals surface area (Å²) in [7, 11) is -1.20. The maximum absolute atomic E-state index is 5.40. The van der Waals surface area contributed by atoms with E-state index in [-0.39, 0.29) is 6.17 Å². The van der Waals surface area contributed by atoms with Crippen molar-refractivity contribution in [2.24, 2.45) is 11.5 Å². The minimum Gasteiger partial charge on any atom is -0.394 e. The van der Waals surface area contributed by atoms with Crippen LogP contribution >= 0.6 is 0 Å². The summed E-state index contributed by atoms with van der Waals surface area (Å²) >= 11 is 0. The molecule has 0 heterocycles. The molecule has 0 saturated heterocycles. The van der Waals surface area contributed by atoms with Gasteiger partial charge in [0.1, 0.15) is 0 Å². The number of hydrogen-bond acceptors (Lipinski definition) is 4. The van der Waals surface area contributed by atoms with Gasteiger partial charge in [0, 0.05) is 19.3 Å². The first kappa shape index (κ1) is 11.1. The molecule has 0 aliphatic heterocycles. The highest BCUT2D eigenvalue weighted by Crippen LogP contribution is 1.97. The van der Waals surface area contributed by atoms with E-state index in [1.165, 1.54) is 0 Å². The summed E-state index contributed by atoms with van der Waals surface area (Å²) in [4.78, 5) is 0. The van der Waals surface area contributed by atoms with E-state index in [9.17, 15) is 0 Å².